The molecule has 1 aliphatic rings. The predicted molar refractivity (Wildman–Crippen MR) is 120 cm³/mol. The van der Waals surface area contributed by atoms with E-state index in [1.165, 1.54) is 12.1 Å². The fourth-order valence-corrected chi connectivity index (χ4v) is 4.07. The number of nitrogens with zero attached hydrogens (tertiary/aromatic N) is 3. The van der Waals surface area contributed by atoms with Crippen LogP contribution in [0.15, 0.2) is 42.6 Å². The van der Waals surface area contributed by atoms with Gasteiger partial charge >= 0.3 is 0 Å². The molecule has 1 aromatic heterocycles. The van der Waals surface area contributed by atoms with Crippen LogP contribution >= 0.6 is 0 Å². The second-order valence-electron chi connectivity index (χ2n) is 7.61. The van der Waals surface area contributed by atoms with Gasteiger partial charge < -0.3 is 19.7 Å². The minimum atomic E-state index is -0.344. The number of nitrogens with one attached hydrogen (secondary N) is 1. The number of amides is 1. The van der Waals surface area contributed by atoms with Gasteiger partial charge in [-0.2, -0.15) is 5.26 Å². The van der Waals surface area contributed by atoms with Crippen molar-refractivity contribution in [1.82, 2.24) is 4.98 Å². The Morgan fingerprint density at radius 1 is 1.16 bits per heavy atom. The minimum Gasteiger partial charge on any atom is -0.493 e. The molecule has 7 nitrogen and oxygen atoms in total. The monoisotopic (exact) mass is 434 g/mol. The number of hydrogen-bond donors (Lipinski definition) is 1. The van der Waals surface area contributed by atoms with E-state index in [1.54, 1.807) is 38.6 Å². The summed E-state index contributed by atoms with van der Waals surface area (Å²) in [5, 5.41) is 13.4. The summed E-state index contributed by atoms with van der Waals surface area (Å²) in [6.45, 7) is 1.23. The fraction of sp³-hybridized carbons (Fsp3) is 0.292. The first-order chi connectivity index (χ1) is 15.5. The standard InChI is InChI=1S/C24H23FN4O3/c1-31-21-11-19-20(12-22(21)32-2)27-14-16(13-26)23(19)29-9-7-15(8-10-29)24(30)28-18-5-3-17(25)4-6-18/h3-6,11-12,14-15H,7-10H2,1-2H3,(H,28,30). The Bertz CT molecular complexity index is 1180. The first-order valence-corrected chi connectivity index (χ1v) is 10.3. The van der Waals surface area contributed by atoms with Crippen LogP contribution in [-0.4, -0.2) is 38.2 Å². The summed E-state index contributed by atoms with van der Waals surface area (Å²) in [6.07, 6.45) is 2.83. The molecule has 0 bridgehead atoms. The highest BCUT2D eigenvalue weighted by atomic mass is 19.1. The molecule has 3 aromatic rings. The molecule has 1 aliphatic heterocycles. The second kappa shape index (κ2) is 9.10. The first-order valence-electron chi connectivity index (χ1n) is 10.3. The number of benzene rings is 2. The van der Waals surface area contributed by atoms with Crippen LogP contribution in [0, 0.1) is 23.1 Å². The molecule has 1 fully saturated rings. The van der Waals surface area contributed by atoms with Gasteiger partial charge in [0.05, 0.1) is 31.0 Å². The van der Waals surface area contributed by atoms with Crippen LogP contribution in [0.4, 0.5) is 15.8 Å². The van der Waals surface area contributed by atoms with Crippen molar-refractivity contribution in [1.29, 1.82) is 5.26 Å². The van der Waals surface area contributed by atoms with Gasteiger partial charge in [0.1, 0.15) is 11.9 Å². The summed E-state index contributed by atoms with van der Waals surface area (Å²) in [4.78, 5) is 19.2. The van der Waals surface area contributed by atoms with Crippen LogP contribution in [0.2, 0.25) is 0 Å². The lowest BCUT2D eigenvalue weighted by Crippen LogP contribution is -2.38. The van der Waals surface area contributed by atoms with E-state index in [2.05, 4.69) is 21.3 Å². The molecule has 1 amide bonds. The molecule has 0 radical (unpaired) electrons. The maximum Gasteiger partial charge on any atom is 0.227 e. The average molecular weight is 434 g/mol. The molecule has 164 valence electrons. The van der Waals surface area contributed by atoms with Crippen LogP contribution < -0.4 is 19.7 Å². The van der Waals surface area contributed by atoms with Crippen molar-refractivity contribution in [3.05, 3.63) is 54.0 Å². The highest BCUT2D eigenvalue weighted by Gasteiger charge is 2.28. The number of pyridine rings is 1. The summed E-state index contributed by atoms with van der Waals surface area (Å²) >= 11 is 0. The van der Waals surface area contributed by atoms with E-state index < -0.39 is 0 Å². The number of nitriles is 1. The smallest absolute Gasteiger partial charge is 0.227 e. The molecule has 0 atom stereocenters. The van der Waals surface area contributed by atoms with E-state index in [1.807, 2.05) is 6.07 Å². The number of fused-ring (bicyclic) bond motifs is 1. The largest absolute Gasteiger partial charge is 0.493 e. The zero-order chi connectivity index (χ0) is 22.7. The number of carbonyl (C=O) groups excluding carboxylic acids is 1. The van der Waals surface area contributed by atoms with E-state index in [9.17, 15) is 14.4 Å². The van der Waals surface area contributed by atoms with E-state index in [-0.39, 0.29) is 17.6 Å². The van der Waals surface area contributed by atoms with Crippen molar-refractivity contribution in [3.63, 3.8) is 0 Å². The van der Waals surface area contributed by atoms with Gasteiger partial charge in [-0.25, -0.2) is 4.39 Å². The molecule has 2 aromatic carbocycles. The predicted octanol–water partition coefficient (Wildman–Crippen LogP) is 4.12. The van der Waals surface area contributed by atoms with Crippen LogP contribution in [0.3, 0.4) is 0 Å². The summed E-state index contributed by atoms with van der Waals surface area (Å²) in [7, 11) is 3.13. The molecule has 8 heteroatoms. The molecule has 0 aliphatic carbocycles. The SMILES string of the molecule is COc1cc2ncc(C#N)c(N3CCC(C(=O)Nc4ccc(F)cc4)CC3)c2cc1OC. The Labute approximate surface area is 185 Å². The Hall–Kier alpha value is -3.86. The highest BCUT2D eigenvalue weighted by molar-refractivity contribution is 5.97. The van der Waals surface area contributed by atoms with Crippen molar-refractivity contribution in [2.45, 2.75) is 12.8 Å². The third-order valence-electron chi connectivity index (χ3n) is 5.76. The maximum absolute atomic E-state index is 13.1. The van der Waals surface area contributed by atoms with Crippen molar-refractivity contribution in [2.24, 2.45) is 5.92 Å². The number of piperidine rings is 1. The minimum absolute atomic E-state index is 0.0808. The lowest BCUT2D eigenvalue weighted by Gasteiger charge is -2.34. The van der Waals surface area contributed by atoms with Crippen LogP contribution in [0.1, 0.15) is 18.4 Å². The molecule has 4 rings (SSSR count). The normalized spacial score (nSPS) is 14.1. The molecule has 1 N–H and O–H groups in total. The topological polar surface area (TPSA) is 87.5 Å². The van der Waals surface area contributed by atoms with Gasteiger partial charge in [0.2, 0.25) is 5.91 Å². The summed E-state index contributed by atoms with van der Waals surface area (Å²) in [5.41, 5.74) is 2.54. The van der Waals surface area contributed by atoms with Crippen LogP contribution in [-0.2, 0) is 4.79 Å². The van der Waals surface area contributed by atoms with E-state index in [4.69, 9.17) is 9.47 Å². The van der Waals surface area contributed by atoms with Gasteiger partial charge in [-0.15, -0.1) is 0 Å². The number of halogens is 1. The van der Waals surface area contributed by atoms with Crippen molar-refractivity contribution >= 4 is 28.2 Å². The van der Waals surface area contributed by atoms with Gasteiger partial charge in [-0.05, 0) is 43.2 Å². The third-order valence-corrected chi connectivity index (χ3v) is 5.76. The number of ether oxygens (including phenoxy) is 2. The second-order valence-corrected chi connectivity index (χ2v) is 7.61. The zero-order valence-corrected chi connectivity index (χ0v) is 17.9. The Morgan fingerprint density at radius 2 is 1.81 bits per heavy atom. The molecule has 1 saturated heterocycles. The molecule has 2 heterocycles. The summed E-state index contributed by atoms with van der Waals surface area (Å²) in [5.74, 6) is 0.543. The molecule has 32 heavy (non-hydrogen) atoms. The van der Waals surface area contributed by atoms with Crippen LogP contribution in [0.5, 0.6) is 11.5 Å². The zero-order valence-electron chi connectivity index (χ0n) is 17.9. The van der Waals surface area contributed by atoms with Crippen LogP contribution in [0.25, 0.3) is 10.9 Å². The van der Waals surface area contributed by atoms with Gasteiger partial charge in [0.25, 0.3) is 0 Å². The van der Waals surface area contributed by atoms with Crippen molar-refractivity contribution < 1.29 is 18.7 Å². The number of methoxy groups -OCH3 is 2. The van der Waals surface area contributed by atoms with Crippen molar-refractivity contribution in [2.75, 3.05) is 37.5 Å². The lowest BCUT2D eigenvalue weighted by molar-refractivity contribution is -0.120. The van der Waals surface area contributed by atoms with E-state index >= 15 is 0 Å². The fourth-order valence-electron chi connectivity index (χ4n) is 4.07. The average Bonchev–Trinajstić information content (AvgIpc) is 2.83. The third kappa shape index (κ3) is 4.14. The van der Waals surface area contributed by atoms with Gasteiger partial charge in [0, 0.05) is 42.3 Å². The summed E-state index contributed by atoms with van der Waals surface area (Å²) < 4.78 is 23.9. The molecule has 0 unspecified atom stereocenters. The van der Waals surface area contributed by atoms with E-state index in [0.717, 1.165) is 11.1 Å². The number of rotatable bonds is 5. The van der Waals surface area contributed by atoms with E-state index in [0.29, 0.717) is 54.2 Å². The molecule has 0 spiro atoms. The number of hydrogen-bond acceptors (Lipinski definition) is 6. The molecular formula is C24H23FN4O3. The molecule has 0 saturated carbocycles. The lowest BCUT2D eigenvalue weighted by atomic mass is 9.94. The Morgan fingerprint density at radius 3 is 2.44 bits per heavy atom. The Kier molecular flexibility index (Phi) is 6.08. The quantitative estimate of drug-likeness (QED) is 0.650. The Balaban J connectivity index is 1.56. The van der Waals surface area contributed by atoms with Gasteiger partial charge in [-0.1, -0.05) is 0 Å². The number of carbonyl (C=O) groups is 1. The van der Waals surface area contributed by atoms with Crippen molar-refractivity contribution in [3.8, 4) is 17.6 Å². The molecular weight excluding hydrogens is 411 g/mol. The summed E-state index contributed by atoms with van der Waals surface area (Å²) in [6, 6.07) is 11.6. The number of aromatic nitrogens is 1. The highest BCUT2D eigenvalue weighted by Crippen LogP contribution is 2.38. The number of anilines is 2. The first kappa shape index (κ1) is 21.4. The van der Waals surface area contributed by atoms with Gasteiger partial charge in [-0.3, -0.25) is 9.78 Å². The van der Waals surface area contributed by atoms with Gasteiger partial charge in [0.15, 0.2) is 11.5 Å². The maximum atomic E-state index is 13.1.